The van der Waals surface area contributed by atoms with Gasteiger partial charge in [0.1, 0.15) is 0 Å². The monoisotopic (exact) mass is 514 g/mol. The SMILES string of the molecule is CC(C)(C)c1ccccc1P[C]12[CH]3[CH]4[CH]5[C]1(Pc1ccccc1C(C)(C)C)[Fe]43521678[CH]2[CH]1[CH]6[CH]7[CH]28. The zero-order chi connectivity index (χ0) is 22.3. The average Bonchev–Trinajstić information content (AvgIpc) is 3.69. The molecule has 0 aliphatic carbocycles. The van der Waals surface area contributed by atoms with Gasteiger partial charge in [-0.25, -0.2) is 0 Å². The Kier molecular flexibility index (Phi) is 1.20. The first kappa shape index (κ1) is 17.3. The van der Waals surface area contributed by atoms with Crippen LogP contribution in [0, 0.1) is 0 Å². The third-order valence-corrected chi connectivity index (χ3v) is 74.3. The molecule has 10 heterocycles. The maximum absolute atomic E-state index is 3.42. The molecule has 0 saturated carbocycles. The molecule has 0 bridgehead atoms. The van der Waals surface area contributed by atoms with Gasteiger partial charge >= 0.3 is 193 Å². The molecule has 0 nitrogen and oxygen atoms in total. The van der Waals surface area contributed by atoms with E-state index in [0.29, 0.717) is 0 Å². The minimum absolute atomic E-state index is 0.270. The molecule has 0 amide bonds. The van der Waals surface area contributed by atoms with Gasteiger partial charge in [0.25, 0.3) is 0 Å². The molecule has 1 spiro atoms. The Balaban J connectivity index is 1.12. The summed E-state index contributed by atoms with van der Waals surface area (Å²) in [5, 5.41) is 3.60. The van der Waals surface area contributed by atoms with Crippen LogP contribution in [0.3, 0.4) is 0 Å². The van der Waals surface area contributed by atoms with Crippen LogP contribution in [-0.2, 0) is 17.3 Å². The van der Waals surface area contributed by atoms with Crippen molar-refractivity contribution in [2.24, 2.45) is 0 Å². The molecule has 10 fully saturated rings. The first-order valence-electron chi connectivity index (χ1n) is 13.3. The fourth-order valence-corrected chi connectivity index (χ4v) is 120. The first-order chi connectivity index (χ1) is 15.3. The summed E-state index contributed by atoms with van der Waals surface area (Å²) in [4.78, 5) is 11.0. The fourth-order valence-electron chi connectivity index (χ4n) is 20.1. The Hall–Kier alpha value is -0.181. The summed E-state index contributed by atoms with van der Waals surface area (Å²) in [5.41, 5.74) is 3.89. The van der Waals surface area contributed by atoms with Crippen molar-refractivity contribution in [3.63, 3.8) is 0 Å². The molecular weight excluding hydrogens is 478 g/mol. The minimum atomic E-state index is -3.42. The number of benzene rings is 2. The van der Waals surface area contributed by atoms with Crippen LogP contribution >= 0.6 is 17.2 Å². The van der Waals surface area contributed by atoms with E-state index in [4.69, 9.17) is 0 Å². The number of rotatable bonds is 4. The second-order valence-corrected chi connectivity index (χ2v) is 44.9. The zero-order valence-corrected chi connectivity index (χ0v) is 23.7. The summed E-state index contributed by atoms with van der Waals surface area (Å²) in [7, 11) is 2.32. The first-order valence-corrected chi connectivity index (χ1v) is 21.5. The predicted molar refractivity (Wildman–Crippen MR) is 142 cm³/mol. The van der Waals surface area contributed by atoms with Crippen molar-refractivity contribution in [3.8, 4) is 0 Å². The van der Waals surface area contributed by atoms with Crippen LogP contribution in [0.1, 0.15) is 52.7 Å². The summed E-state index contributed by atoms with van der Waals surface area (Å²) >= 11 is 0. The molecule has 0 radical (unpaired) electrons. The second-order valence-electron chi connectivity index (χ2n) is 17.6. The van der Waals surface area contributed by atoms with Gasteiger partial charge in [0.2, 0.25) is 0 Å². The quantitative estimate of drug-likeness (QED) is 0.289. The van der Waals surface area contributed by atoms with E-state index in [1.807, 2.05) is 0 Å². The summed E-state index contributed by atoms with van der Waals surface area (Å²) in [6.45, 7) is 11.3. The molecule has 3 heteroatoms. The Bertz CT molecular complexity index is 1660. The van der Waals surface area contributed by atoms with Gasteiger partial charge in [-0.2, -0.15) is 0 Å². The van der Waals surface area contributed by atoms with Crippen LogP contribution in [-0.4, -0.2) is 8.11 Å². The molecule has 6 atom stereocenters. The average molecular weight is 514 g/mol. The summed E-state index contributed by atoms with van der Waals surface area (Å²) in [6.07, 6.45) is 0. The summed E-state index contributed by atoms with van der Waals surface area (Å²) in [6, 6.07) is 19.5. The van der Waals surface area contributed by atoms with Crippen LogP contribution in [0.15, 0.2) is 48.5 Å². The fraction of sp³-hybridized carbons (Fsp3) is 0.600. The van der Waals surface area contributed by atoms with Crippen LogP contribution in [0.4, 0.5) is 0 Å². The van der Waals surface area contributed by atoms with Crippen LogP contribution < -0.4 is 10.6 Å². The van der Waals surface area contributed by atoms with E-state index < -0.39 is 6.51 Å². The standard InChI is InChI=1S/C25H31P2.C5H5.Fe/c1-24(2,3)18-12-7-9-14-20(18)26-22-16-11-17-23(22)27-21-15-10-8-13-19(21)25(4,5)6;1-2-4-5-3-1;/h7-17,26-27H,1-6H3;1-5H;. The summed E-state index contributed by atoms with van der Waals surface area (Å²) in [5.74, 6) is 0. The number of hydrogen-bond donors (Lipinski definition) is 0. The maximum atomic E-state index is 2.57. The molecular formula is C30H36FeP2. The van der Waals surface area contributed by atoms with Crippen molar-refractivity contribution in [2.75, 3.05) is 0 Å². The zero-order valence-electron chi connectivity index (χ0n) is 20.6. The van der Waals surface area contributed by atoms with Gasteiger partial charge in [-0.3, -0.25) is 0 Å². The molecule has 174 valence electrons. The van der Waals surface area contributed by atoms with Gasteiger partial charge in [0, 0.05) is 0 Å². The molecule has 2 aromatic rings. The normalized spacial score (nSPS) is 71.1. The van der Waals surface area contributed by atoms with Gasteiger partial charge in [-0.15, -0.1) is 0 Å². The van der Waals surface area contributed by atoms with Crippen LogP contribution in [0.5, 0.6) is 0 Å². The van der Waals surface area contributed by atoms with Crippen LogP contribution in [0.2, 0.25) is 38.5 Å². The molecule has 12 rings (SSSR count). The van der Waals surface area contributed by atoms with E-state index in [0.717, 1.165) is 25.3 Å². The molecule has 2 aromatic carbocycles. The van der Waals surface area contributed by atoms with E-state index in [1.165, 1.54) is 38.5 Å². The second kappa shape index (κ2) is 2.29. The van der Waals surface area contributed by atoms with Crippen molar-refractivity contribution in [2.45, 2.75) is 99.0 Å². The predicted octanol–water partition coefficient (Wildman–Crippen LogP) is 7.79. The Morgan fingerprint density at radius 2 is 0.939 bits per heavy atom. The molecule has 0 N–H and O–H groups in total. The molecule has 10 aliphatic rings. The van der Waals surface area contributed by atoms with Gasteiger partial charge in [-0.05, 0) is 0 Å². The van der Waals surface area contributed by atoms with E-state index >= 15 is 0 Å². The van der Waals surface area contributed by atoms with Crippen molar-refractivity contribution < 1.29 is 6.51 Å². The Morgan fingerprint density at radius 1 is 0.576 bits per heavy atom. The molecule has 33 heavy (non-hydrogen) atoms. The van der Waals surface area contributed by atoms with E-state index in [-0.39, 0.29) is 10.8 Å². The van der Waals surface area contributed by atoms with Crippen molar-refractivity contribution in [1.82, 2.24) is 0 Å². The molecule has 0 aromatic heterocycles. The van der Waals surface area contributed by atoms with Gasteiger partial charge in [0.05, 0.1) is 0 Å². The Morgan fingerprint density at radius 3 is 1.24 bits per heavy atom. The molecule has 10 saturated heterocycles. The third kappa shape index (κ3) is 0.386. The van der Waals surface area contributed by atoms with Crippen molar-refractivity contribution >= 4 is 27.8 Å². The van der Waals surface area contributed by atoms with Crippen LogP contribution in [0.25, 0.3) is 0 Å². The number of hydrogen-bond acceptors (Lipinski definition) is 0. The van der Waals surface area contributed by atoms with E-state index in [9.17, 15) is 0 Å². The Labute approximate surface area is 192 Å². The molecule has 6 unspecified atom stereocenters. The van der Waals surface area contributed by atoms with Gasteiger partial charge < -0.3 is 0 Å². The molecule has 10 aliphatic heterocycles. The van der Waals surface area contributed by atoms with E-state index in [1.54, 1.807) is 21.7 Å². The van der Waals surface area contributed by atoms with E-state index in [2.05, 4.69) is 90.1 Å². The summed E-state index contributed by atoms with van der Waals surface area (Å²) < 4.78 is 1.83. The topological polar surface area (TPSA) is 0 Å². The van der Waals surface area contributed by atoms with Crippen molar-refractivity contribution in [1.29, 1.82) is 0 Å². The third-order valence-electron chi connectivity index (χ3n) is 19.0. The van der Waals surface area contributed by atoms with Gasteiger partial charge in [-0.1, -0.05) is 0 Å². The van der Waals surface area contributed by atoms with Gasteiger partial charge in [0.15, 0.2) is 0 Å². The van der Waals surface area contributed by atoms with Crippen molar-refractivity contribution in [3.05, 3.63) is 59.7 Å². The number of fused-ring (bicyclic) bond motifs is 10.